The molecule has 0 aromatic rings. The van der Waals surface area contributed by atoms with Crippen molar-refractivity contribution in [2.45, 2.75) is 6.42 Å². The van der Waals surface area contributed by atoms with Gasteiger partial charge in [-0.2, -0.15) is 8.42 Å². The van der Waals surface area contributed by atoms with Gasteiger partial charge in [0.1, 0.15) is 0 Å². The van der Waals surface area contributed by atoms with Crippen LogP contribution in [0.2, 0.25) is 0 Å². The molecular weight excluding hydrogens is 204 g/mol. The van der Waals surface area contributed by atoms with Crippen LogP contribution in [0, 0.1) is 0 Å². The minimum atomic E-state index is -3.88. The van der Waals surface area contributed by atoms with E-state index in [4.69, 9.17) is 10.3 Å². The molecule has 0 spiro atoms. The molecule has 0 fully saturated rings. The number of hydrogen-bond acceptors (Lipinski definition) is 4. The van der Waals surface area contributed by atoms with Crippen molar-refractivity contribution >= 4 is 28.1 Å². The van der Waals surface area contributed by atoms with Crippen LogP contribution in [0.5, 0.6) is 0 Å². The first kappa shape index (κ1) is 11.5. The van der Waals surface area contributed by atoms with Gasteiger partial charge in [-0.1, -0.05) is 0 Å². The van der Waals surface area contributed by atoms with Gasteiger partial charge in [0.25, 0.3) is 10.1 Å². The number of hydrogen-bond donors (Lipinski definition) is 3. The van der Waals surface area contributed by atoms with Gasteiger partial charge in [-0.05, 0) is 18.4 Å². The Bertz CT molecular complexity index is 237. The Morgan fingerprint density at radius 3 is 2.58 bits per heavy atom. The Hall–Kier alpha value is -0.470. The molecule has 4 N–H and O–H groups in total. The number of primary amides is 1. The molecule has 0 aliphatic carbocycles. The third-order valence-corrected chi connectivity index (χ3v) is 2.46. The molecule has 0 bridgehead atoms. The molecule has 12 heavy (non-hydrogen) atoms. The van der Waals surface area contributed by atoms with Gasteiger partial charge in [-0.25, -0.2) is 4.79 Å². The second-order valence-corrected chi connectivity index (χ2v) is 4.43. The number of carbonyl (C=O) groups is 1. The number of nitrogens with one attached hydrogen (secondary N) is 1. The molecule has 0 heterocycles. The van der Waals surface area contributed by atoms with Gasteiger partial charge in [-0.3, -0.25) is 9.27 Å². The van der Waals surface area contributed by atoms with Crippen LogP contribution < -0.4 is 10.5 Å². The van der Waals surface area contributed by atoms with Crippen LogP contribution in [0.1, 0.15) is 6.42 Å². The van der Waals surface area contributed by atoms with E-state index in [1.54, 1.807) is 0 Å². The molecule has 2 amide bonds. The van der Waals surface area contributed by atoms with Crippen LogP contribution in [-0.2, 0) is 10.1 Å². The molecule has 0 radical (unpaired) electrons. The summed E-state index contributed by atoms with van der Waals surface area (Å²) in [6.07, 6.45) is 0.268. The zero-order valence-corrected chi connectivity index (χ0v) is 7.82. The number of urea groups is 1. The molecule has 0 unspecified atom stereocenters. The van der Waals surface area contributed by atoms with Crippen molar-refractivity contribution in [2.24, 2.45) is 5.73 Å². The lowest BCUT2D eigenvalue weighted by molar-refractivity contribution is 0.254. The van der Waals surface area contributed by atoms with Crippen LogP contribution in [-0.4, -0.2) is 30.5 Å². The molecule has 0 saturated carbocycles. The second-order valence-electron chi connectivity index (χ2n) is 1.95. The van der Waals surface area contributed by atoms with Crippen molar-refractivity contribution in [1.82, 2.24) is 4.72 Å². The molecular formula is C4H10N2O4S2. The quantitative estimate of drug-likeness (QED) is 0.327. The fourth-order valence-electron chi connectivity index (χ4n) is 0.436. The van der Waals surface area contributed by atoms with Gasteiger partial charge < -0.3 is 5.73 Å². The highest BCUT2D eigenvalue weighted by Crippen LogP contribution is 1.97. The lowest BCUT2D eigenvalue weighted by Crippen LogP contribution is -2.23. The van der Waals surface area contributed by atoms with Crippen molar-refractivity contribution in [3.63, 3.8) is 0 Å². The Kier molecular flexibility index (Phi) is 5.02. The Morgan fingerprint density at radius 1 is 1.58 bits per heavy atom. The van der Waals surface area contributed by atoms with E-state index in [0.717, 1.165) is 11.9 Å². The number of nitrogens with two attached hydrogens (primary N) is 1. The topological polar surface area (TPSA) is 109 Å². The molecule has 0 aromatic heterocycles. The molecule has 0 rings (SSSR count). The number of amides is 2. The second kappa shape index (κ2) is 5.22. The maximum Gasteiger partial charge on any atom is 0.322 e. The first-order valence-electron chi connectivity index (χ1n) is 3.04. The van der Waals surface area contributed by atoms with Crippen LogP contribution in [0.15, 0.2) is 0 Å². The average molecular weight is 214 g/mol. The van der Waals surface area contributed by atoms with E-state index in [-0.39, 0.29) is 12.2 Å². The van der Waals surface area contributed by atoms with Gasteiger partial charge in [0.15, 0.2) is 0 Å². The van der Waals surface area contributed by atoms with Gasteiger partial charge >= 0.3 is 6.03 Å². The van der Waals surface area contributed by atoms with Crippen molar-refractivity contribution in [3.05, 3.63) is 0 Å². The highest BCUT2D eigenvalue weighted by molar-refractivity contribution is 7.97. The maximum absolute atomic E-state index is 10.2. The smallest absolute Gasteiger partial charge is 0.322 e. The largest absolute Gasteiger partial charge is 0.351 e. The third kappa shape index (κ3) is 9.53. The van der Waals surface area contributed by atoms with Gasteiger partial charge in [0, 0.05) is 5.75 Å². The molecule has 8 heteroatoms. The fraction of sp³-hybridized carbons (Fsp3) is 0.750. The normalized spacial score (nSPS) is 11.1. The van der Waals surface area contributed by atoms with E-state index in [2.05, 4.69) is 4.72 Å². The first-order chi connectivity index (χ1) is 5.42. The van der Waals surface area contributed by atoms with E-state index in [0.29, 0.717) is 5.75 Å². The van der Waals surface area contributed by atoms with Crippen LogP contribution in [0.25, 0.3) is 0 Å². The summed E-state index contributed by atoms with van der Waals surface area (Å²) in [5.41, 5.74) is 4.72. The average Bonchev–Trinajstić information content (AvgIpc) is 1.83. The minimum absolute atomic E-state index is 0.268. The van der Waals surface area contributed by atoms with Crippen molar-refractivity contribution in [1.29, 1.82) is 0 Å². The molecule has 0 saturated heterocycles. The highest BCUT2D eigenvalue weighted by atomic mass is 32.2. The molecule has 6 nitrogen and oxygen atoms in total. The predicted molar refractivity (Wildman–Crippen MR) is 46.2 cm³/mol. The Morgan fingerprint density at radius 2 is 2.17 bits per heavy atom. The van der Waals surface area contributed by atoms with E-state index in [9.17, 15) is 13.2 Å². The van der Waals surface area contributed by atoms with Gasteiger partial charge in [0.05, 0.1) is 5.75 Å². The molecule has 0 aliphatic heterocycles. The molecule has 0 aliphatic rings. The van der Waals surface area contributed by atoms with Gasteiger partial charge in [-0.15, -0.1) is 0 Å². The summed E-state index contributed by atoms with van der Waals surface area (Å²) < 4.78 is 30.8. The lowest BCUT2D eigenvalue weighted by atomic mass is 10.6. The summed E-state index contributed by atoms with van der Waals surface area (Å²) in [6.45, 7) is 0. The standard InChI is InChI=1S/C4H10N2O4S2/c5-4(7)6-11-2-1-3-12(8,9)10/h1-3H2,(H3,5,6,7)(H,8,9,10). The van der Waals surface area contributed by atoms with E-state index in [1.807, 2.05) is 0 Å². The summed E-state index contributed by atoms with van der Waals surface area (Å²) >= 11 is 1.00. The Labute approximate surface area is 74.8 Å². The van der Waals surface area contributed by atoms with Gasteiger partial charge in [0.2, 0.25) is 0 Å². The van der Waals surface area contributed by atoms with E-state index < -0.39 is 16.1 Å². The lowest BCUT2D eigenvalue weighted by Gasteiger charge is -1.98. The fourth-order valence-corrected chi connectivity index (χ4v) is 1.66. The summed E-state index contributed by atoms with van der Waals surface area (Å²) in [7, 11) is -3.88. The maximum atomic E-state index is 10.2. The van der Waals surface area contributed by atoms with E-state index >= 15 is 0 Å². The van der Waals surface area contributed by atoms with Crippen molar-refractivity contribution < 1.29 is 17.8 Å². The molecule has 0 aromatic carbocycles. The first-order valence-corrected chi connectivity index (χ1v) is 5.63. The minimum Gasteiger partial charge on any atom is -0.351 e. The summed E-state index contributed by atoms with van der Waals surface area (Å²) in [6, 6.07) is -0.674. The number of carbonyl (C=O) groups excluding carboxylic acids is 1. The zero-order valence-electron chi connectivity index (χ0n) is 6.19. The van der Waals surface area contributed by atoms with Crippen molar-refractivity contribution in [3.8, 4) is 0 Å². The van der Waals surface area contributed by atoms with Crippen LogP contribution in [0.4, 0.5) is 4.79 Å². The van der Waals surface area contributed by atoms with E-state index in [1.165, 1.54) is 0 Å². The number of rotatable bonds is 5. The highest BCUT2D eigenvalue weighted by Gasteiger charge is 2.03. The summed E-state index contributed by atoms with van der Waals surface area (Å²) in [4.78, 5) is 10.1. The zero-order chi connectivity index (χ0) is 9.61. The summed E-state index contributed by atoms with van der Waals surface area (Å²) in [5, 5.41) is 0. The predicted octanol–water partition coefficient (Wildman–Crippen LogP) is -0.419. The van der Waals surface area contributed by atoms with Crippen molar-refractivity contribution in [2.75, 3.05) is 11.5 Å². The SMILES string of the molecule is NC(=O)NSCCCS(=O)(=O)O. The van der Waals surface area contributed by atoms with Crippen LogP contribution in [0.3, 0.4) is 0 Å². The monoisotopic (exact) mass is 214 g/mol. The molecule has 72 valence electrons. The third-order valence-electron chi connectivity index (χ3n) is 0.821. The Balaban J connectivity index is 3.29. The van der Waals surface area contributed by atoms with Crippen LogP contribution >= 0.6 is 11.9 Å². The summed E-state index contributed by atoms with van der Waals surface area (Å²) in [5.74, 6) is 0.0865. The molecule has 0 atom stereocenters.